The van der Waals surface area contributed by atoms with E-state index in [-0.39, 0.29) is 18.3 Å². The lowest BCUT2D eigenvalue weighted by molar-refractivity contribution is -0.0329. The number of hydrogen-bond donors (Lipinski definition) is 0. The molecular formula is C16H28O6. The molecule has 1 rings (SSSR count). The van der Waals surface area contributed by atoms with Crippen molar-refractivity contribution in [3.63, 3.8) is 0 Å². The summed E-state index contributed by atoms with van der Waals surface area (Å²) >= 11 is 0. The van der Waals surface area contributed by atoms with E-state index in [1.807, 2.05) is 0 Å². The Morgan fingerprint density at radius 2 is 1.41 bits per heavy atom. The standard InChI is InChI=1S/C16H28O6/c1-11(2)9-10-19-15(17)21-13-5-7-14(8-6-13)22-16(18)20-12(3)4/h11-14H,5-10H2,1-4H3. The maximum absolute atomic E-state index is 11.5. The van der Waals surface area contributed by atoms with Gasteiger partial charge in [-0.1, -0.05) is 13.8 Å². The van der Waals surface area contributed by atoms with Crippen LogP contribution in [0, 0.1) is 5.92 Å². The van der Waals surface area contributed by atoms with Crippen LogP contribution >= 0.6 is 0 Å². The van der Waals surface area contributed by atoms with E-state index in [1.54, 1.807) is 13.8 Å². The highest BCUT2D eigenvalue weighted by atomic mass is 16.7. The first-order valence-electron chi connectivity index (χ1n) is 8.07. The van der Waals surface area contributed by atoms with E-state index in [9.17, 15) is 9.59 Å². The van der Waals surface area contributed by atoms with Crippen molar-refractivity contribution in [3.8, 4) is 0 Å². The third kappa shape index (κ3) is 8.10. The van der Waals surface area contributed by atoms with Gasteiger partial charge in [0.25, 0.3) is 0 Å². The van der Waals surface area contributed by atoms with Gasteiger partial charge >= 0.3 is 12.3 Å². The maximum Gasteiger partial charge on any atom is 0.508 e. The summed E-state index contributed by atoms with van der Waals surface area (Å²) in [5.74, 6) is 0.492. The number of carbonyl (C=O) groups is 2. The van der Waals surface area contributed by atoms with E-state index in [2.05, 4.69) is 13.8 Å². The van der Waals surface area contributed by atoms with Crippen molar-refractivity contribution in [2.45, 2.75) is 78.1 Å². The van der Waals surface area contributed by atoms with E-state index in [1.165, 1.54) is 0 Å². The van der Waals surface area contributed by atoms with Crippen molar-refractivity contribution >= 4 is 12.3 Å². The highest BCUT2D eigenvalue weighted by molar-refractivity contribution is 5.60. The van der Waals surface area contributed by atoms with Gasteiger partial charge in [0.05, 0.1) is 12.7 Å². The Kier molecular flexibility index (Phi) is 8.06. The number of carbonyl (C=O) groups excluding carboxylic acids is 2. The third-order valence-electron chi connectivity index (χ3n) is 3.39. The van der Waals surface area contributed by atoms with Crippen LogP contribution in [0.1, 0.15) is 59.8 Å². The summed E-state index contributed by atoms with van der Waals surface area (Å²) in [5, 5.41) is 0. The van der Waals surface area contributed by atoms with Crippen molar-refractivity contribution in [1.29, 1.82) is 0 Å². The summed E-state index contributed by atoms with van der Waals surface area (Å²) in [6.45, 7) is 8.07. The molecule has 1 aliphatic carbocycles. The van der Waals surface area contributed by atoms with Crippen LogP contribution in [0.15, 0.2) is 0 Å². The second-order valence-electron chi connectivity index (χ2n) is 6.33. The molecule has 6 nitrogen and oxygen atoms in total. The number of rotatable bonds is 6. The molecule has 0 aromatic heterocycles. The molecule has 22 heavy (non-hydrogen) atoms. The van der Waals surface area contributed by atoms with Gasteiger partial charge in [0.2, 0.25) is 0 Å². The second-order valence-corrected chi connectivity index (χ2v) is 6.33. The molecule has 0 aromatic carbocycles. The van der Waals surface area contributed by atoms with E-state index >= 15 is 0 Å². The highest BCUT2D eigenvalue weighted by Crippen LogP contribution is 2.24. The van der Waals surface area contributed by atoms with E-state index in [4.69, 9.17) is 18.9 Å². The van der Waals surface area contributed by atoms with Gasteiger partial charge in [-0.2, -0.15) is 0 Å². The van der Waals surface area contributed by atoms with Crippen LogP contribution in [-0.2, 0) is 18.9 Å². The van der Waals surface area contributed by atoms with Gasteiger partial charge in [0, 0.05) is 0 Å². The average molecular weight is 316 g/mol. The van der Waals surface area contributed by atoms with Crippen LogP contribution < -0.4 is 0 Å². The minimum Gasteiger partial charge on any atom is -0.434 e. The molecule has 0 saturated heterocycles. The predicted molar refractivity (Wildman–Crippen MR) is 80.6 cm³/mol. The van der Waals surface area contributed by atoms with Crippen LogP contribution in [0.3, 0.4) is 0 Å². The monoisotopic (exact) mass is 316 g/mol. The fourth-order valence-electron chi connectivity index (χ4n) is 2.17. The topological polar surface area (TPSA) is 71.1 Å². The molecule has 6 heteroatoms. The van der Waals surface area contributed by atoms with Crippen molar-refractivity contribution in [1.82, 2.24) is 0 Å². The Hall–Kier alpha value is -1.46. The predicted octanol–water partition coefficient (Wildman–Crippen LogP) is 4.06. The van der Waals surface area contributed by atoms with Crippen LogP contribution in [0.2, 0.25) is 0 Å². The van der Waals surface area contributed by atoms with Gasteiger partial charge in [-0.25, -0.2) is 9.59 Å². The van der Waals surface area contributed by atoms with Crippen molar-refractivity contribution in [2.75, 3.05) is 6.61 Å². The van der Waals surface area contributed by atoms with E-state index < -0.39 is 12.3 Å². The maximum atomic E-state index is 11.5. The molecule has 0 N–H and O–H groups in total. The average Bonchev–Trinajstić information content (AvgIpc) is 2.39. The molecule has 0 radical (unpaired) electrons. The summed E-state index contributed by atoms with van der Waals surface area (Å²) in [6.07, 6.45) is 1.74. The Labute approximate surface area is 132 Å². The van der Waals surface area contributed by atoms with Gasteiger partial charge in [0.1, 0.15) is 12.2 Å². The largest absolute Gasteiger partial charge is 0.508 e. The van der Waals surface area contributed by atoms with Crippen LogP contribution in [0.5, 0.6) is 0 Å². The fourth-order valence-corrected chi connectivity index (χ4v) is 2.17. The van der Waals surface area contributed by atoms with E-state index in [0.717, 1.165) is 6.42 Å². The molecule has 0 aliphatic heterocycles. The molecule has 0 heterocycles. The first-order chi connectivity index (χ1) is 10.4. The van der Waals surface area contributed by atoms with Gasteiger partial charge in [-0.15, -0.1) is 0 Å². The lowest BCUT2D eigenvalue weighted by Gasteiger charge is -2.27. The number of ether oxygens (including phenoxy) is 4. The molecule has 1 aliphatic rings. The molecule has 0 atom stereocenters. The Bertz CT molecular complexity index is 345. The molecule has 1 saturated carbocycles. The summed E-state index contributed by atoms with van der Waals surface area (Å²) in [7, 11) is 0. The molecule has 0 unspecified atom stereocenters. The Balaban J connectivity index is 2.16. The van der Waals surface area contributed by atoms with Gasteiger partial charge < -0.3 is 18.9 Å². The summed E-state index contributed by atoms with van der Waals surface area (Å²) in [6, 6.07) is 0. The lowest BCUT2D eigenvalue weighted by Crippen LogP contribution is -2.30. The molecule has 0 bridgehead atoms. The molecule has 0 spiro atoms. The normalized spacial score (nSPS) is 21.5. The molecule has 1 fully saturated rings. The zero-order valence-electron chi connectivity index (χ0n) is 14.0. The van der Waals surface area contributed by atoms with Crippen LogP contribution in [-0.4, -0.2) is 37.2 Å². The SMILES string of the molecule is CC(C)CCOC(=O)OC1CCC(OC(=O)OC(C)C)CC1. The molecular weight excluding hydrogens is 288 g/mol. The minimum absolute atomic E-state index is 0.160. The smallest absolute Gasteiger partial charge is 0.434 e. The Morgan fingerprint density at radius 1 is 0.909 bits per heavy atom. The zero-order valence-corrected chi connectivity index (χ0v) is 14.0. The van der Waals surface area contributed by atoms with Crippen LogP contribution in [0.4, 0.5) is 9.59 Å². The van der Waals surface area contributed by atoms with Crippen molar-refractivity contribution < 1.29 is 28.5 Å². The molecule has 128 valence electrons. The quantitative estimate of drug-likeness (QED) is 0.688. The highest BCUT2D eigenvalue weighted by Gasteiger charge is 2.27. The van der Waals surface area contributed by atoms with Crippen molar-refractivity contribution in [3.05, 3.63) is 0 Å². The van der Waals surface area contributed by atoms with Gasteiger partial charge in [-0.05, 0) is 51.9 Å². The van der Waals surface area contributed by atoms with Crippen molar-refractivity contribution in [2.24, 2.45) is 5.92 Å². The first-order valence-corrected chi connectivity index (χ1v) is 8.07. The lowest BCUT2D eigenvalue weighted by atomic mass is 9.95. The Morgan fingerprint density at radius 3 is 1.86 bits per heavy atom. The fraction of sp³-hybridized carbons (Fsp3) is 0.875. The third-order valence-corrected chi connectivity index (χ3v) is 3.39. The molecule has 0 aromatic rings. The zero-order chi connectivity index (χ0) is 16.5. The van der Waals surface area contributed by atoms with E-state index in [0.29, 0.717) is 38.2 Å². The number of hydrogen-bond acceptors (Lipinski definition) is 6. The van der Waals surface area contributed by atoms with Gasteiger partial charge in [-0.3, -0.25) is 0 Å². The minimum atomic E-state index is -0.632. The summed E-state index contributed by atoms with van der Waals surface area (Å²) < 4.78 is 20.4. The second kappa shape index (κ2) is 9.54. The first kappa shape index (κ1) is 18.6. The summed E-state index contributed by atoms with van der Waals surface area (Å²) in [5.41, 5.74) is 0. The molecule has 0 amide bonds. The summed E-state index contributed by atoms with van der Waals surface area (Å²) in [4.78, 5) is 22.9. The van der Waals surface area contributed by atoms with Gasteiger partial charge in [0.15, 0.2) is 0 Å². The van der Waals surface area contributed by atoms with Crippen LogP contribution in [0.25, 0.3) is 0 Å².